The molecule has 3 nitrogen and oxygen atoms in total. The maximum absolute atomic E-state index is 12.6. The zero-order valence-corrected chi connectivity index (χ0v) is 14.0. The van der Waals surface area contributed by atoms with Gasteiger partial charge in [0.05, 0.1) is 25.5 Å². The lowest BCUT2D eigenvalue weighted by Gasteiger charge is -2.16. The Labute approximate surface area is 140 Å². The highest BCUT2D eigenvalue weighted by molar-refractivity contribution is 8.28. The van der Waals surface area contributed by atoms with Gasteiger partial charge in [-0.2, -0.15) is 24.1 Å². The number of aliphatic imine (C=N–C) groups is 1. The van der Waals surface area contributed by atoms with Crippen LogP contribution in [0.1, 0.15) is 11.1 Å². The molecule has 0 aliphatic carbocycles. The van der Waals surface area contributed by atoms with Crippen LogP contribution in [-0.2, 0) is 11.9 Å². The van der Waals surface area contributed by atoms with Gasteiger partial charge in [0, 0.05) is 22.3 Å². The summed E-state index contributed by atoms with van der Waals surface area (Å²) in [5, 5.41) is 0. The lowest BCUT2D eigenvalue weighted by molar-refractivity contribution is -0.137. The summed E-state index contributed by atoms with van der Waals surface area (Å²) in [5.41, 5.74) is 2.91. The molecule has 0 aromatic heterocycles. The molecule has 128 valence electrons. The largest absolute Gasteiger partial charge is 0.493 e. The van der Waals surface area contributed by atoms with Gasteiger partial charge in [-0.05, 0) is 23.8 Å². The van der Waals surface area contributed by atoms with E-state index in [1.165, 1.54) is 12.1 Å². The fourth-order valence-corrected chi connectivity index (χ4v) is 4.45. The Hall–Kier alpha value is -2.15. The topological polar surface area (TPSA) is 30.8 Å². The number of thiol groups is 1. The molecule has 0 spiro atoms. The number of fused-ring (bicyclic) bond motifs is 1. The standard InChI is InChI=1S/C17H16F3NO2S/c1-22-14-7-13-16(8-15(14)23-2)24(10-21-13)9-11-3-5-12(6-4-11)17(18,19)20/h3-8,10,24H,9H2,1-2H3. The van der Waals surface area contributed by atoms with Crippen LogP contribution in [-0.4, -0.2) is 19.8 Å². The summed E-state index contributed by atoms with van der Waals surface area (Å²) in [6.07, 6.45) is -4.31. The van der Waals surface area contributed by atoms with Crippen LogP contribution in [0, 0.1) is 0 Å². The summed E-state index contributed by atoms with van der Waals surface area (Å²) < 4.78 is 48.5. The Morgan fingerprint density at radius 3 is 2.21 bits per heavy atom. The van der Waals surface area contributed by atoms with Gasteiger partial charge in [0.25, 0.3) is 0 Å². The van der Waals surface area contributed by atoms with Gasteiger partial charge in [0.15, 0.2) is 11.5 Å². The molecule has 0 amide bonds. The van der Waals surface area contributed by atoms with Gasteiger partial charge in [-0.15, -0.1) is 0 Å². The predicted molar refractivity (Wildman–Crippen MR) is 90.1 cm³/mol. The summed E-state index contributed by atoms with van der Waals surface area (Å²) in [5.74, 6) is 1.88. The van der Waals surface area contributed by atoms with E-state index in [0.29, 0.717) is 17.3 Å². The Balaban J connectivity index is 1.83. The van der Waals surface area contributed by atoms with E-state index in [2.05, 4.69) is 4.99 Å². The first-order valence-corrected chi connectivity index (χ1v) is 8.75. The lowest BCUT2D eigenvalue weighted by Crippen LogP contribution is -2.04. The average Bonchev–Trinajstić information content (AvgIpc) is 2.95. The fourth-order valence-electron chi connectivity index (χ4n) is 2.51. The average molecular weight is 355 g/mol. The summed E-state index contributed by atoms with van der Waals surface area (Å²) in [4.78, 5) is 5.45. The second kappa shape index (κ2) is 6.39. The van der Waals surface area contributed by atoms with Crippen molar-refractivity contribution in [1.82, 2.24) is 0 Å². The van der Waals surface area contributed by atoms with Crippen molar-refractivity contribution in [3.05, 3.63) is 47.5 Å². The third kappa shape index (κ3) is 3.21. The van der Waals surface area contributed by atoms with Crippen LogP contribution in [0.4, 0.5) is 18.9 Å². The number of alkyl halides is 3. The highest BCUT2D eigenvalue weighted by Crippen LogP contribution is 2.51. The quantitative estimate of drug-likeness (QED) is 0.786. The van der Waals surface area contributed by atoms with Gasteiger partial charge in [-0.1, -0.05) is 12.1 Å². The number of methoxy groups -OCH3 is 2. The lowest BCUT2D eigenvalue weighted by atomic mass is 10.1. The van der Waals surface area contributed by atoms with E-state index < -0.39 is 22.6 Å². The molecular formula is C17H16F3NO2S. The summed E-state index contributed by atoms with van der Waals surface area (Å²) in [6.45, 7) is 0. The predicted octanol–water partition coefficient (Wildman–Crippen LogP) is 4.96. The van der Waals surface area contributed by atoms with E-state index in [1.54, 1.807) is 14.2 Å². The number of ether oxygens (including phenoxy) is 2. The molecule has 24 heavy (non-hydrogen) atoms. The van der Waals surface area contributed by atoms with Gasteiger partial charge in [-0.25, -0.2) is 0 Å². The Morgan fingerprint density at radius 1 is 1.00 bits per heavy atom. The monoisotopic (exact) mass is 355 g/mol. The zero-order valence-electron chi connectivity index (χ0n) is 13.1. The molecule has 2 aromatic carbocycles. The first kappa shape index (κ1) is 16.7. The van der Waals surface area contributed by atoms with Crippen LogP contribution in [0.15, 0.2) is 46.3 Å². The molecular weight excluding hydrogens is 339 g/mol. The number of benzene rings is 2. The molecule has 0 saturated carbocycles. The number of rotatable bonds is 4. The number of hydrogen-bond acceptors (Lipinski definition) is 3. The number of halogens is 3. The molecule has 1 atom stereocenters. The molecule has 2 aromatic rings. The van der Waals surface area contributed by atoms with Crippen molar-refractivity contribution in [3.8, 4) is 11.5 Å². The molecule has 0 bridgehead atoms. The SMILES string of the molecule is COc1cc2c(cc1OC)[SH](Cc1ccc(C(F)(F)F)cc1)C=N2. The molecule has 1 heterocycles. The molecule has 7 heteroatoms. The first-order chi connectivity index (χ1) is 11.4. The highest BCUT2D eigenvalue weighted by atomic mass is 32.2. The molecule has 0 N–H and O–H groups in total. The van der Waals surface area contributed by atoms with E-state index in [1.807, 2.05) is 17.7 Å². The van der Waals surface area contributed by atoms with Crippen molar-refractivity contribution in [2.75, 3.05) is 14.2 Å². The van der Waals surface area contributed by atoms with Crippen LogP contribution < -0.4 is 9.47 Å². The molecule has 0 saturated heterocycles. The second-order valence-corrected chi connectivity index (χ2v) is 7.23. The minimum absolute atomic E-state index is 0.611. The smallest absolute Gasteiger partial charge is 0.416 e. The number of hydrogen-bond donors (Lipinski definition) is 1. The molecule has 0 fully saturated rings. The molecule has 1 unspecified atom stereocenters. The van der Waals surface area contributed by atoms with E-state index >= 15 is 0 Å². The Bertz CT molecular complexity index is 773. The van der Waals surface area contributed by atoms with E-state index in [4.69, 9.17) is 9.47 Å². The van der Waals surface area contributed by atoms with Crippen LogP contribution >= 0.6 is 10.9 Å². The third-order valence-corrected chi connectivity index (χ3v) is 5.84. The van der Waals surface area contributed by atoms with Crippen molar-refractivity contribution < 1.29 is 22.6 Å². The van der Waals surface area contributed by atoms with Gasteiger partial charge in [-0.3, -0.25) is 4.99 Å². The Kier molecular flexibility index (Phi) is 4.45. The van der Waals surface area contributed by atoms with Crippen LogP contribution in [0.2, 0.25) is 0 Å². The minimum Gasteiger partial charge on any atom is -0.493 e. The summed E-state index contributed by atoms with van der Waals surface area (Å²) in [6, 6.07) is 9.01. The molecule has 1 aliphatic rings. The summed E-state index contributed by atoms with van der Waals surface area (Å²) >= 11 is 0. The maximum atomic E-state index is 12.6. The van der Waals surface area contributed by atoms with Crippen molar-refractivity contribution in [1.29, 1.82) is 0 Å². The van der Waals surface area contributed by atoms with Crippen LogP contribution in [0.5, 0.6) is 11.5 Å². The summed E-state index contributed by atoms with van der Waals surface area (Å²) in [7, 11) is 2.41. The van der Waals surface area contributed by atoms with Crippen molar-refractivity contribution in [2.45, 2.75) is 16.8 Å². The van der Waals surface area contributed by atoms with E-state index in [-0.39, 0.29) is 0 Å². The molecule has 3 rings (SSSR count). The van der Waals surface area contributed by atoms with Crippen molar-refractivity contribution >= 4 is 22.1 Å². The number of nitrogens with zero attached hydrogens (tertiary/aromatic N) is 1. The van der Waals surface area contributed by atoms with Crippen molar-refractivity contribution in [2.24, 2.45) is 4.99 Å². The van der Waals surface area contributed by atoms with Crippen LogP contribution in [0.25, 0.3) is 0 Å². The van der Waals surface area contributed by atoms with E-state index in [0.717, 1.165) is 28.3 Å². The first-order valence-electron chi connectivity index (χ1n) is 7.15. The second-order valence-electron chi connectivity index (χ2n) is 5.26. The Morgan fingerprint density at radius 2 is 1.62 bits per heavy atom. The molecule has 0 radical (unpaired) electrons. The van der Waals surface area contributed by atoms with Gasteiger partial charge in [0.1, 0.15) is 0 Å². The van der Waals surface area contributed by atoms with Crippen molar-refractivity contribution in [3.63, 3.8) is 0 Å². The maximum Gasteiger partial charge on any atom is 0.416 e. The van der Waals surface area contributed by atoms with E-state index in [9.17, 15) is 13.2 Å². The van der Waals surface area contributed by atoms with Gasteiger partial charge in [0.2, 0.25) is 0 Å². The minimum atomic E-state index is -4.31. The zero-order chi connectivity index (χ0) is 17.3. The highest BCUT2D eigenvalue weighted by Gasteiger charge is 2.30. The normalized spacial score (nSPS) is 17.6. The fraction of sp³-hybridized carbons (Fsp3) is 0.235. The molecule has 1 aliphatic heterocycles. The van der Waals surface area contributed by atoms with Gasteiger partial charge >= 0.3 is 6.18 Å². The van der Waals surface area contributed by atoms with Gasteiger partial charge < -0.3 is 9.47 Å². The van der Waals surface area contributed by atoms with Crippen LogP contribution in [0.3, 0.4) is 0 Å². The third-order valence-electron chi connectivity index (χ3n) is 3.76.